The minimum atomic E-state index is 0.115. The van der Waals surface area contributed by atoms with E-state index in [0.29, 0.717) is 11.4 Å². The zero-order valence-electron chi connectivity index (χ0n) is 14.4. The van der Waals surface area contributed by atoms with E-state index >= 15 is 0 Å². The van der Waals surface area contributed by atoms with Gasteiger partial charge in [-0.2, -0.15) is 0 Å². The number of hydrogen-bond donors (Lipinski definition) is 3. The van der Waals surface area contributed by atoms with E-state index < -0.39 is 0 Å². The van der Waals surface area contributed by atoms with E-state index in [0.717, 1.165) is 38.8 Å². The summed E-state index contributed by atoms with van der Waals surface area (Å²) in [6.07, 6.45) is 5.49. The number of rotatable bonds is 3. The van der Waals surface area contributed by atoms with Crippen molar-refractivity contribution in [2.45, 2.75) is 0 Å². The number of aromatic nitrogens is 6. The Bertz CT molecular complexity index is 1290. The number of fused-ring (bicyclic) bond motifs is 2. The highest BCUT2D eigenvalue weighted by molar-refractivity contribution is 6.02. The molecule has 0 bridgehead atoms. The van der Waals surface area contributed by atoms with Crippen molar-refractivity contribution in [3.05, 3.63) is 48.9 Å². The van der Waals surface area contributed by atoms with E-state index in [1.165, 1.54) is 0 Å². The molecule has 0 aliphatic carbocycles. The Morgan fingerprint density at radius 2 is 1.81 bits per heavy atom. The SMILES string of the molecule is COc1ccc2[nH]cc(-c3nc(N)nnc3-c3c[nH]c4ncccc34)c2c1. The molecule has 1 aromatic carbocycles. The lowest BCUT2D eigenvalue weighted by Gasteiger charge is -2.07. The Labute approximate surface area is 153 Å². The second-order valence-corrected chi connectivity index (χ2v) is 6.08. The fraction of sp³-hybridized carbons (Fsp3) is 0.0526. The summed E-state index contributed by atoms with van der Waals surface area (Å²) in [4.78, 5) is 15.3. The van der Waals surface area contributed by atoms with Gasteiger partial charge in [-0.1, -0.05) is 0 Å². The van der Waals surface area contributed by atoms with Gasteiger partial charge in [0.15, 0.2) is 0 Å². The zero-order valence-corrected chi connectivity index (χ0v) is 14.4. The van der Waals surface area contributed by atoms with Crippen LogP contribution in [0, 0.1) is 0 Å². The lowest BCUT2D eigenvalue weighted by atomic mass is 10.0. The van der Waals surface area contributed by atoms with E-state index in [-0.39, 0.29) is 5.95 Å². The standard InChI is InChI=1S/C19H15N7O/c1-27-10-4-5-15-12(7-10)14(8-22-15)16-17(25-26-19(20)24-16)13-9-23-18-11(13)3-2-6-21-18/h2-9,22H,1H3,(H,21,23)(H2,20,24,26). The average Bonchev–Trinajstić information content (AvgIpc) is 3.31. The van der Waals surface area contributed by atoms with Crippen LogP contribution in [-0.2, 0) is 0 Å². The minimum absolute atomic E-state index is 0.115. The smallest absolute Gasteiger partial charge is 0.240 e. The van der Waals surface area contributed by atoms with E-state index in [9.17, 15) is 0 Å². The topological polar surface area (TPSA) is 118 Å². The van der Waals surface area contributed by atoms with Crippen LogP contribution in [0.15, 0.2) is 48.9 Å². The van der Waals surface area contributed by atoms with Crippen LogP contribution in [0.25, 0.3) is 44.5 Å². The predicted octanol–water partition coefficient (Wildman–Crippen LogP) is 3.15. The van der Waals surface area contributed by atoms with E-state index in [4.69, 9.17) is 10.5 Å². The van der Waals surface area contributed by atoms with Crippen molar-refractivity contribution in [1.82, 2.24) is 30.1 Å². The number of hydrogen-bond acceptors (Lipinski definition) is 6. The number of nitrogen functional groups attached to an aromatic ring is 1. The summed E-state index contributed by atoms with van der Waals surface area (Å²) in [6, 6.07) is 9.69. The third-order valence-corrected chi connectivity index (χ3v) is 4.55. The molecule has 0 radical (unpaired) electrons. The molecule has 0 fully saturated rings. The maximum Gasteiger partial charge on any atom is 0.240 e. The Morgan fingerprint density at radius 3 is 2.70 bits per heavy atom. The largest absolute Gasteiger partial charge is 0.497 e. The molecule has 0 aliphatic heterocycles. The Hall–Kier alpha value is -3.94. The van der Waals surface area contributed by atoms with Gasteiger partial charge < -0.3 is 20.4 Å². The molecule has 0 saturated carbocycles. The van der Waals surface area contributed by atoms with Gasteiger partial charge in [-0.05, 0) is 30.3 Å². The molecule has 0 atom stereocenters. The van der Waals surface area contributed by atoms with Crippen LogP contribution in [-0.4, -0.2) is 37.2 Å². The van der Waals surface area contributed by atoms with Crippen molar-refractivity contribution in [3.63, 3.8) is 0 Å². The van der Waals surface area contributed by atoms with Crippen LogP contribution >= 0.6 is 0 Å². The molecule has 0 spiro atoms. The number of nitrogens with one attached hydrogen (secondary N) is 2. The third kappa shape index (κ3) is 2.38. The number of nitrogens with two attached hydrogens (primary N) is 1. The normalized spacial score (nSPS) is 11.3. The molecule has 4 heterocycles. The monoisotopic (exact) mass is 357 g/mol. The van der Waals surface area contributed by atoms with Gasteiger partial charge in [0.25, 0.3) is 0 Å². The molecule has 0 saturated heterocycles. The summed E-state index contributed by atoms with van der Waals surface area (Å²) in [5, 5.41) is 10.2. The van der Waals surface area contributed by atoms with Gasteiger partial charge in [0.1, 0.15) is 22.8 Å². The fourth-order valence-corrected chi connectivity index (χ4v) is 3.28. The zero-order chi connectivity index (χ0) is 18.4. The first-order valence-corrected chi connectivity index (χ1v) is 8.33. The van der Waals surface area contributed by atoms with Crippen LogP contribution in [0.5, 0.6) is 5.75 Å². The van der Waals surface area contributed by atoms with Gasteiger partial charge in [-0.15, -0.1) is 10.2 Å². The van der Waals surface area contributed by atoms with Crippen LogP contribution in [0.4, 0.5) is 5.95 Å². The molecule has 132 valence electrons. The van der Waals surface area contributed by atoms with Gasteiger partial charge >= 0.3 is 0 Å². The minimum Gasteiger partial charge on any atom is -0.497 e. The predicted molar refractivity (Wildman–Crippen MR) is 103 cm³/mol. The molecule has 8 nitrogen and oxygen atoms in total. The number of anilines is 1. The maximum atomic E-state index is 5.86. The van der Waals surface area contributed by atoms with Crippen molar-refractivity contribution in [2.75, 3.05) is 12.8 Å². The second kappa shape index (κ2) is 5.80. The number of benzene rings is 1. The van der Waals surface area contributed by atoms with Crippen molar-refractivity contribution < 1.29 is 4.74 Å². The molecular formula is C19H15N7O. The Balaban J connectivity index is 1.80. The summed E-state index contributed by atoms with van der Waals surface area (Å²) in [5.74, 6) is 0.875. The number of ether oxygens (including phenoxy) is 1. The lowest BCUT2D eigenvalue weighted by Crippen LogP contribution is -2.02. The molecule has 5 rings (SSSR count). The van der Waals surface area contributed by atoms with Crippen molar-refractivity contribution in [3.8, 4) is 28.3 Å². The quantitative estimate of drug-likeness (QED) is 0.456. The highest BCUT2D eigenvalue weighted by atomic mass is 16.5. The second-order valence-electron chi connectivity index (χ2n) is 6.08. The van der Waals surface area contributed by atoms with E-state index in [1.807, 2.05) is 42.7 Å². The fourth-order valence-electron chi connectivity index (χ4n) is 3.28. The molecule has 4 N–H and O–H groups in total. The van der Waals surface area contributed by atoms with Crippen molar-refractivity contribution >= 4 is 27.9 Å². The molecular weight excluding hydrogens is 342 g/mol. The van der Waals surface area contributed by atoms with Gasteiger partial charge in [-0.25, -0.2) is 9.97 Å². The van der Waals surface area contributed by atoms with Crippen LogP contribution in [0.1, 0.15) is 0 Å². The average molecular weight is 357 g/mol. The third-order valence-electron chi connectivity index (χ3n) is 4.55. The van der Waals surface area contributed by atoms with Gasteiger partial charge in [-0.3, -0.25) is 0 Å². The van der Waals surface area contributed by atoms with E-state index in [2.05, 4.69) is 30.1 Å². The summed E-state index contributed by atoms with van der Waals surface area (Å²) >= 11 is 0. The first-order valence-electron chi connectivity index (χ1n) is 8.33. The molecule has 5 aromatic rings. The number of methoxy groups -OCH3 is 1. The van der Waals surface area contributed by atoms with Crippen LogP contribution < -0.4 is 10.5 Å². The van der Waals surface area contributed by atoms with Crippen molar-refractivity contribution in [1.29, 1.82) is 0 Å². The molecule has 0 amide bonds. The maximum absolute atomic E-state index is 5.86. The summed E-state index contributed by atoms with van der Waals surface area (Å²) in [6.45, 7) is 0. The highest BCUT2D eigenvalue weighted by Gasteiger charge is 2.19. The van der Waals surface area contributed by atoms with Gasteiger partial charge in [0.2, 0.25) is 5.95 Å². The Morgan fingerprint density at radius 1 is 0.963 bits per heavy atom. The lowest BCUT2D eigenvalue weighted by molar-refractivity contribution is 0.415. The molecule has 27 heavy (non-hydrogen) atoms. The van der Waals surface area contributed by atoms with Gasteiger partial charge in [0.05, 0.1) is 7.11 Å². The number of H-pyrrole nitrogens is 2. The van der Waals surface area contributed by atoms with Crippen molar-refractivity contribution in [2.24, 2.45) is 0 Å². The van der Waals surface area contributed by atoms with E-state index in [1.54, 1.807) is 13.3 Å². The summed E-state index contributed by atoms with van der Waals surface area (Å²) in [5.41, 5.74) is 10.6. The molecule has 0 unspecified atom stereocenters. The molecule has 4 aromatic heterocycles. The molecule has 0 aliphatic rings. The molecule has 8 heteroatoms. The first-order chi connectivity index (χ1) is 13.2. The number of pyridine rings is 1. The Kier molecular flexibility index (Phi) is 3.29. The van der Waals surface area contributed by atoms with Crippen LogP contribution in [0.3, 0.4) is 0 Å². The van der Waals surface area contributed by atoms with Gasteiger partial charge in [0, 0.05) is 46.0 Å². The summed E-state index contributed by atoms with van der Waals surface area (Å²) < 4.78 is 5.37. The first kappa shape index (κ1) is 15.3. The number of nitrogens with zero attached hydrogens (tertiary/aromatic N) is 4. The number of aromatic amines is 2. The highest BCUT2D eigenvalue weighted by Crippen LogP contribution is 2.37. The summed E-state index contributed by atoms with van der Waals surface area (Å²) in [7, 11) is 1.64. The van der Waals surface area contributed by atoms with Crippen LogP contribution in [0.2, 0.25) is 0 Å².